The average molecular weight is 467 g/mol. The highest BCUT2D eigenvalue weighted by Crippen LogP contribution is 2.31. The predicted octanol–water partition coefficient (Wildman–Crippen LogP) is 5.60. The van der Waals surface area contributed by atoms with Crippen molar-refractivity contribution in [3.63, 3.8) is 0 Å². The summed E-state index contributed by atoms with van der Waals surface area (Å²) < 4.78 is 61.2. The quantitative estimate of drug-likeness (QED) is 0.637. The molecule has 168 valence electrons. The number of nitrogens with one attached hydrogen (secondary N) is 1. The minimum Gasteiger partial charge on any atom is -0.443 e. The van der Waals surface area contributed by atoms with Gasteiger partial charge in [-0.25, -0.2) is 13.7 Å². The normalized spacial score (nSPS) is 15.3. The van der Waals surface area contributed by atoms with E-state index in [9.17, 15) is 22.2 Å². The highest BCUT2D eigenvalue weighted by Gasteiger charge is 2.42. The second kappa shape index (κ2) is 8.51. The van der Waals surface area contributed by atoms with Gasteiger partial charge in [0.25, 0.3) is 0 Å². The van der Waals surface area contributed by atoms with Crippen LogP contribution in [0.25, 0.3) is 10.9 Å². The Morgan fingerprint density at radius 1 is 1.20 bits per heavy atom. The third-order valence-electron chi connectivity index (χ3n) is 4.06. The van der Waals surface area contributed by atoms with Crippen LogP contribution in [0.1, 0.15) is 47.1 Å². The van der Waals surface area contributed by atoms with E-state index in [4.69, 9.17) is 16.3 Å². The smallest absolute Gasteiger partial charge is 0.419 e. The predicted molar refractivity (Wildman–Crippen MR) is 113 cm³/mol. The molecule has 0 fully saturated rings. The fourth-order valence-corrected chi connectivity index (χ4v) is 3.65. The lowest BCUT2D eigenvalue weighted by Crippen LogP contribution is -2.48. The highest BCUT2D eigenvalue weighted by atomic mass is 35.5. The van der Waals surface area contributed by atoms with E-state index in [1.807, 2.05) is 0 Å². The number of alkyl halides is 3. The highest BCUT2D eigenvalue weighted by molar-refractivity contribution is 7.84. The molecule has 30 heavy (non-hydrogen) atoms. The van der Waals surface area contributed by atoms with Gasteiger partial charge in [0.15, 0.2) is 0 Å². The van der Waals surface area contributed by atoms with E-state index in [1.165, 1.54) is 16.8 Å². The summed E-state index contributed by atoms with van der Waals surface area (Å²) >= 11 is 6.04. The van der Waals surface area contributed by atoms with Crippen LogP contribution in [-0.4, -0.2) is 37.4 Å². The summed E-state index contributed by atoms with van der Waals surface area (Å²) in [5.74, 6) is 0. The standard InChI is InChI=1S/C20H26ClF3N2O3S/c1-18(2,3)29-17(27)26-11-12(14-10-13(21)7-8-15(14)26)9-16(20(22,23)24)25-30(28)19(4,5)6/h7-8,10-11,16,25H,9H2,1-6H3/t16-,30?/m1/s1. The molecule has 5 nitrogen and oxygen atoms in total. The Balaban J connectivity index is 2.50. The van der Waals surface area contributed by atoms with Gasteiger partial charge in [-0.3, -0.25) is 4.57 Å². The summed E-state index contributed by atoms with van der Waals surface area (Å²) in [4.78, 5) is 12.6. The van der Waals surface area contributed by atoms with Gasteiger partial charge in [-0.15, -0.1) is 0 Å². The number of hydrogen-bond donors (Lipinski definition) is 1. The zero-order valence-corrected chi connectivity index (χ0v) is 19.3. The fourth-order valence-electron chi connectivity index (χ4n) is 2.65. The van der Waals surface area contributed by atoms with E-state index in [0.717, 1.165) is 0 Å². The van der Waals surface area contributed by atoms with Crippen LogP contribution in [0.3, 0.4) is 0 Å². The maximum absolute atomic E-state index is 13.7. The zero-order chi connectivity index (χ0) is 23.1. The molecule has 1 unspecified atom stereocenters. The molecule has 0 saturated heterocycles. The van der Waals surface area contributed by atoms with E-state index in [1.54, 1.807) is 53.7 Å². The van der Waals surface area contributed by atoms with Crippen molar-refractivity contribution in [1.29, 1.82) is 0 Å². The summed E-state index contributed by atoms with van der Waals surface area (Å²) in [5.41, 5.74) is -0.166. The summed E-state index contributed by atoms with van der Waals surface area (Å²) in [6.45, 7) is 9.83. The van der Waals surface area contributed by atoms with Crippen LogP contribution in [0.5, 0.6) is 0 Å². The molecule has 1 aromatic carbocycles. The minimum absolute atomic E-state index is 0.235. The van der Waals surface area contributed by atoms with Gasteiger partial charge in [-0.2, -0.15) is 13.2 Å². The van der Waals surface area contributed by atoms with Gasteiger partial charge >= 0.3 is 12.3 Å². The van der Waals surface area contributed by atoms with E-state index in [2.05, 4.69) is 4.72 Å². The molecule has 0 bridgehead atoms. The van der Waals surface area contributed by atoms with Gasteiger partial charge in [0.05, 0.1) is 21.2 Å². The van der Waals surface area contributed by atoms with E-state index >= 15 is 0 Å². The first-order valence-electron chi connectivity index (χ1n) is 9.26. The number of hydrogen-bond acceptors (Lipinski definition) is 3. The number of rotatable bonds is 4. The van der Waals surface area contributed by atoms with E-state index in [0.29, 0.717) is 15.9 Å². The van der Waals surface area contributed by atoms with Gasteiger partial charge in [0.1, 0.15) is 11.6 Å². The summed E-state index contributed by atoms with van der Waals surface area (Å²) in [6, 6.07) is 2.52. The van der Waals surface area contributed by atoms with Crippen molar-refractivity contribution in [3.05, 3.63) is 35.0 Å². The first-order chi connectivity index (χ1) is 13.5. The van der Waals surface area contributed by atoms with Crippen molar-refractivity contribution in [3.8, 4) is 0 Å². The lowest BCUT2D eigenvalue weighted by Gasteiger charge is -2.25. The van der Waals surface area contributed by atoms with Crippen molar-refractivity contribution in [2.24, 2.45) is 0 Å². The van der Waals surface area contributed by atoms with Gasteiger partial charge in [-0.05, 0) is 71.7 Å². The molecule has 0 aliphatic carbocycles. The number of aromatic nitrogens is 1. The molecule has 2 aromatic rings. The topological polar surface area (TPSA) is 60.3 Å². The Labute approximate surface area is 181 Å². The second-order valence-corrected chi connectivity index (χ2v) is 11.4. The molecular weight excluding hydrogens is 441 g/mol. The number of carbonyl (C=O) groups excluding carboxylic acids is 1. The van der Waals surface area contributed by atoms with Crippen LogP contribution in [0.2, 0.25) is 5.02 Å². The number of ether oxygens (including phenoxy) is 1. The number of nitrogens with zero attached hydrogens (tertiary/aromatic N) is 1. The second-order valence-electron chi connectivity index (χ2n) is 8.96. The van der Waals surface area contributed by atoms with Crippen LogP contribution < -0.4 is 4.72 Å². The van der Waals surface area contributed by atoms with Crippen molar-refractivity contribution >= 4 is 39.6 Å². The molecule has 0 amide bonds. The fraction of sp³-hybridized carbons (Fsp3) is 0.550. The largest absolute Gasteiger partial charge is 0.443 e. The monoisotopic (exact) mass is 466 g/mol. The van der Waals surface area contributed by atoms with Crippen LogP contribution >= 0.6 is 11.6 Å². The van der Waals surface area contributed by atoms with E-state index in [-0.39, 0.29) is 5.56 Å². The van der Waals surface area contributed by atoms with Crippen LogP contribution in [0.15, 0.2) is 24.4 Å². The molecule has 1 aromatic heterocycles. The van der Waals surface area contributed by atoms with Crippen molar-refractivity contribution in [2.75, 3.05) is 0 Å². The average Bonchev–Trinajstić information content (AvgIpc) is 2.88. The molecule has 0 saturated carbocycles. The number of halogens is 4. The maximum Gasteiger partial charge on any atom is 0.419 e. The van der Waals surface area contributed by atoms with Gasteiger partial charge in [-0.1, -0.05) is 11.6 Å². The molecule has 10 heteroatoms. The van der Waals surface area contributed by atoms with Gasteiger partial charge < -0.3 is 4.74 Å². The van der Waals surface area contributed by atoms with Crippen molar-refractivity contribution in [2.45, 2.75) is 70.5 Å². The molecule has 0 aliphatic heterocycles. The Bertz CT molecular complexity index is 959. The molecule has 0 aliphatic rings. The molecule has 1 heterocycles. The lowest BCUT2D eigenvalue weighted by molar-refractivity contribution is -0.150. The van der Waals surface area contributed by atoms with E-state index < -0.39 is 46.1 Å². The third-order valence-corrected chi connectivity index (χ3v) is 5.91. The lowest BCUT2D eigenvalue weighted by atomic mass is 10.1. The van der Waals surface area contributed by atoms with Crippen molar-refractivity contribution < 1.29 is 26.9 Å². The molecule has 2 rings (SSSR count). The van der Waals surface area contributed by atoms with Crippen LogP contribution in [0, 0.1) is 0 Å². The minimum atomic E-state index is -4.65. The SMILES string of the molecule is CC(C)(C)OC(=O)n1cc(C[C@@H](NS(=O)C(C)(C)C)C(F)(F)F)c2cc(Cl)ccc21. The van der Waals surface area contributed by atoms with Crippen LogP contribution in [-0.2, 0) is 22.1 Å². The summed E-state index contributed by atoms with van der Waals surface area (Å²) in [7, 11) is -1.94. The summed E-state index contributed by atoms with van der Waals surface area (Å²) in [5, 5.41) is 0.714. The first kappa shape index (κ1) is 24.7. The molecule has 2 atom stereocenters. The Morgan fingerprint density at radius 2 is 1.80 bits per heavy atom. The maximum atomic E-state index is 13.7. The number of benzene rings is 1. The first-order valence-corrected chi connectivity index (χ1v) is 10.8. The Morgan fingerprint density at radius 3 is 2.30 bits per heavy atom. The van der Waals surface area contributed by atoms with Gasteiger partial charge in [0.2, 0.25) is 0 Å². The van der Waals surface area contributed by atoms with Crippen molar-refractivity contribution in [1.82, 2.24) is 9.29 Å². The van der Waals surface area contributed by atoms with Gasteiger partial charge in [0, 0.05) is 16.6 Å². The zero-order valence-electron chi connectivity index (χ0n) is 17.7. The molecule has 0 spiro atoms. The van der Waals surface area contributed by atoms with Crippen LogP contribution in [0.4, 0.5) is 18.0 Å². The third kappa shape index (κ3) is 6.21. The Kier molecular flexibility index (Phi) is 7.00. The summed E-state index contributed by atoms with van der Waals surface area (Å²) in [6.07, 6.45) is -4.58. The number of fused-ring (bicyclic) bond motifs is 1. The number of carbonyl (C=O) groups is 1. The molecule has 1 N–H and O–H groups in total. The molecule has 0 radical (unpaired) electrons. The Hall–Kier alpha value is -1.58. The molecular formula is C20H26ClF3N2O3S.